The number of hydrazone groups is 1. The van der Waals surface area contributed by atoms with Gasteiger partial charge in [0.2, 0.25) is 0 Å². The highest BCUT2D eigenvalue weighted by molar-refractivity contribution is 5.85. The first-order valence-corrected chi connectivity index (χ1v) is 4.84. The summed E-state index contributed by atoms with van der Waals surface area (Å²) in [5.41, 5.74) is 0.206. The molecule has 19 heavy (non-hydrogen) atoms. The molecule has 0 radical (unpaired) electrons. The lowest BCUT2D eigenvalue weighted by atomic mass is 10.2. The lowest BCUT2D eigenvalue weighted by molar-refractivity contribution is -0.393. The van der Waals surface area contributed by atoms with Crippen LogP contribution >= 0.6 is 0 Å². The van der Waals surface area contributed by atoms with Crippen molar-refractivity contribution in [2.45, 2.75) is 13.3 Å². The van der Waals surface area contributed by atoms with Gasteiger partial charge in [0.1, 0.15) is 11.4 Å². The quantitative estimate of drug-likeness (QED) is 0.504. The van der Waals surface area contributed by atoms with Crippen molar-refractivity contribution in [1.82, 2.24) is 0 Å². The summed E-state index contributed by atoms with van der Waals surface area (Å²) in [5, 5.41) is 24.5. The average molecular weight is 274 g/mol. The van der Waals surface area contributed by atoms with Crippen molar-refractivity contribution in [2.75, 3.05) is 5.43 Å². The smallest absolute Gasteiger partial charge is 0.272 e. The van der Waals surface area contributed by atoms with E-state index in [0.717, 1.165) is 25.1 Å². The Kier molecular flexibility index (Phi) is 4.40. The van der Waals surface area contributed by atoms with E-state index in [1.807, 2.05) is 0 Å². The Labute approximate surface area is 105 Å². The topological polar surface area (TPSA) is 111 Å². The monoisotopic (exact) mass is 274 g/mol. The van der Waals surface area contributed by atoms with E-state index in [-0.39, 0.29) is 5.69 Å². The lowest BCUT2D eigenvalue weighted by Gasteiger charge is -2.03. The van der Waals surface area contributed by atoms with Gasteiger partial charge in [-0.15, -0.1) is 0 Å². The zero-order chi connectivity index (χ0) is 14.6. The van der Waals surface area contributed by atoms with Gasteiger partial charge in [0.05, 0.1) is 15.9 Å². The number of halogens is 2. The summed E-state index contributed by atoms with van der Waals surface area (Å²) in [5.74, 6) is 0. The van der Waals surface area contributed by atoms with Crippen LogP contribution in [0.4, 0.5) is 25.8 Å². The normalized spacial score (nSPS) is 11.5. The molecule has 0 aromatic heterocycles. The van der Waals surface area contributed by atoms with Crippen molar-refractivity contribution in [3.05, 3.63) is 38.4 Å². The van der Waals surface area contributed by atoms with Gasteiger partial charge in [-0.25, -0.2) is 8.78 Å². The van der Waals surface area contributed by atoms with Gasteiger partial charge in [0, 0.05) is 6.07 Å². The second kappa shape index (κ2) is 5.80. The molecule has 0 saturated heterocycles. The first-order valence-electron chi connectivity index (χ1n) is 4.84. The average Bonchev–Trinajstić information content (AvgIpc) is 2.35. The first-order chi connectivity index (χ1) is 8.82. The number of hydrogen-bond acceptors (Lipinski definition) is 6. The molecule has 0 bridgehead atoms. The number of alkyl halides is 2. The highest BCUT2D eigenvalue weighted by atomic mass is 19.3. The van der Waals surface area contributed by atoms with Gasteiger partial charge in [-0.05, 0) is 13.0 Å². The summed E-state index contributed by atoms with van der Waals surface area (Å²) >= 11 is 0. The number of nitro groups is 2. The van der Waals surface area contributed by atoms with Crippen molar-refractivity contribution in [3.63, 3.8) is 0 Å². The number of benzene rings is 1. The number of nitrogens with one attached hydrogen (secondary N) is 1. The molecule has 1 aromatic rings. The number of non-ortho nitro benzene ring substituents is 1. The number of anilines is 1. The lowest BCUT2D eigenvalue weighted by Crippen LogP contribution is -2.08. The van der Waals surface area contributed by atoms with E-state index >= 15 is 0 Å². The van der Waals surface area contributed by atoms with Gasteiger partial charge in [0.25, 0.3) is 12.1 Å². The van der Waals surface area contributed by atoms with Crippen LogP contribution in [0, 0.1) is 20.2 Å². The molecular formula is C9H8F2N4O4. The number of nitro benzene ring substituents is 2. The molecule has 0 unspecified atom stereocenters. The van der Waals surface area contributed by atoms with Crippen molar-refractivity contribution in [1.29, 1.82) is 0 Å². The number of hydrogen-bond donors (Lipinski definition) is 1. The molecule has 0 aliphatic carbocycles. The van der Waals surface area contributed by atoms with Crippen LogP contribution in [-0.4, -0.2) is 22.0 Å². The third kappa shape index (κ3) is 3.66. The molecule has 0 saturated carbocycles. The third-order valence-electron chi connectivity index (χ3n) is 2.06. The standard InChI is InChI=1S/C9H8F2N4O4/c1-5(9(10)11)12-13-7-3-2-6(14(16)17)4-8(7)15(18)19/h2-4,9,13H,1H3. The van der Waals surface area contributed by atoms with Gasteiger partial charge >= 0.3 is 5.69 Å². The van der Waals surface area contributed by atoms with Crippen LogP contribution in [0.5, 0.6) is 0 Å². The van der Waals surface area contributed by atoms with E-state index in [4.69, 9.17) is 0 Å². The second-order valence-electron chi connectivity index (χ2n) is 3.38. The highest BCUT2D eigenvalue weighted by Gasteiger charge is 2.19. The van der Waals surface area contributed by atoms with E-state index in [1.165, 1.54) is 0 Å². The van der Waals surface area contributed by atoms with Crippen LogP contribution in [0.3, 0.4) is 0 Å². The van der Waals surface area contributed by atoms with Crippen LogP contribution in [-0.2, 0) is 0 Å². The molecule has 0 amide bonds. The molecular weight excluding hydrogens is 266 g/mol. The van der Waals surface area contributed by atoms with Gasteiger partial charge in [-0.3, -0.25) is 25.7 Å². The Bertz CT molecular complexity index is 547. The van der Waals surface area contributed by atoms with E-state index < -0.39 is 33.4 Å². The molecule has 0 heterocycles. The van der Waals surface area contributed by atoms with E-state index in [0.29, 0.717) is 0 Å². The summed E-state index contributed by atoms with van der Waals surface area (Å²) in [4.78, 5) is 19.5. The molecule has 0 fully saturated rings. The van der Waals surface area contributed by atoms with Crippen LogP contribution in [0.25, 0.3) is 0 Å². The summed E-state index contributed by atoms with van der Waals surface area (Å²) in [7, 11) is 0. The first kappa shape index (κ1) is 14.4. The molecule has 1 rings (SSSR count). The third-order valence-corrected chi connectivity index (χ3v) is 2.06. The Balaban J connectivity index is 3.11. The van der Waals surface area contributed by atoms with Crippen LogP contribution in [0.15, 0.2) is 23.3 Å². The molecule has 0 spiro atoms. The Morgan fingerprint density at radius 1 is 1.32 bits per heavy atom. The summed E-state index contributed by atoms with van der Waals surface area (Å²) in [6, 6.07) is 2.75. The fraction of sp³-hybridized carbons (Fsp3) is 0.222. The van der Waals surface area contributed by atoms with Crippen molar-refractivity contribution >= 4 is 22.8 Å². The van der Waals surface area contributed by atoms with Gasteiger partial charge < -0.3 is 0 Å². The van der Waals surface area contributed by atoms with E-state index in [1.54, 1.807) is 0 Å². The fourth-order valence-electron chi connectivity index (χ4n) is 1.08. The molecule has 0 aliphatic rings. The number of nitrogens with zero attached hydrogens (tertiary/aromatic N) is 3. The van der Waals surface area contributed by atoms with Gasteiger partial charge in [-0.1, -0.05) is 0 Å². The van der Waals surface area contributed by atoms with Crippen molar-refractivity contribution < 1.29 is 18.6 Å². The molecule has 10 heteroatoms. The second-order valence-corrected chi connectivity index (χ2v) is 3.38. The van der Waals surface area contributed by atoms with E-state index in [9.17, 15) is 29.0 Å². The van der Waals surface area contributed by atoms with Gasteiger partial charge in [0.15, 0.2) is 0 Å². The summed E-state index contributed by atoms with van der Waals surface area (Å²) < 4.78 is 24.3. The predicted octanol–water partition coefficient (Wildman–Crippen LogP) is 2.56. The minimum Gasteiger partial charge on any atom is -0.272 e. The molecule has 102 valence electrons. The van der Waals surface area contributed by atoms with Crippen LogP contribution < -0.4 is 5.43 Å². The number of rotatable bonds is 5. The Morgan fingerprint density at radius 2 is 1.95 bits per heavy atom. The molecule has 0 atom stereocenters. The molecule has 0 aliphatic heterocycles. The maximum absolute atomic E-state index is 12.2. The maximum atomic E-state index is 12.2. The maximum Gasteiger partial charge on any atom is 0.301 e. The molecule has 8 nitrogen and oxygen atoms in total. The van der Waals surface area contributed by atoms with Crippen LogP contribution in [0.2, 0.25) is 0 Å². The van der Waals surface area contributed by atoms with Crippen molar-refractivity contribution in [2.24, 2.45) is 5.10 Å². The molecule has 1 aromatic carbocycles. The van der Waals surface area contributed by atoms with Crippen molar-refractivity contribution in [3.8, 4) is 0 Å². The van der Waals surface area contributed by atoms with E-state index in [2.05, 4.69) is 10.5 Å². The minimum absolute atomic E-state index is 0.212. The fourth-order valence-corrected chi connectivity index (χ4v) is 1.08. The highest BCUT2D eigenvalue weighted by Crippen LogP contribution is 2.28. The molecule has 1 N–H and O–H groups in total. The Morgan fingerprint density at radius 3 is 2.42 bits per heavy atom. The summed E-state index contributed by atoms with van der Waals surface area (Å²) in [6.07, 6.45) is -2.80. The largest absolute Gasteiger partial charge is 0.301 e. The van der Waals surface area contributed by atoms with Crippen LogP contribution in [0.1, 0.15) is 6.92 Å². The summed E-state index contributed by atoms with van der Waals surface area (Å²) in [6.45, 7) is 1.04. The zero-order valence-corrected chi connectivity index (χ0v) is 9.54. The Hall–Kier alpha value is -2.65. The SMILES string of the molecule is CC(=NNc1ccc([N+](=O)[O-])cc1[N+](=O)[O-])C(F)F. The predicted molar refractivity (Wildman–Crippen MR) is 62.5 cm³/mol. The minimum atomic E-state index is -2.80. The zero-order valence-electron chi connectivity index (χ0n) is 9.54. The van der Waals surface area contributed by atoms with Gasteiger partial charge in [-0.2, -0.15) is 5.10 Å².